The highest BCUT2D eigenvalue weighted by Gasteiger charge is 2.25. The van der Waals surface area contributed by atoms with Crippen molar-refractivity contribution >= 4 is 5.97 Å². The molecule has 1 saturated carbocycles. The minimum Gasteiger partial charge on any atom is -0.426 e. The molecule has 2 aromatic carbocycles. The van der Waals surface area contributed by atoms with E-state index in [2.05, 4.69) is 37.8 Å². The van der Waals surface area contributed by atoms with Crippen LogP contribution in [0.25, 0.3) is 0 Å². The Kier molecular flexibility index (Phi) is 5.56. The second kappa shape index (κ2) is 8.03. The second-order valence-corrected chi connectivity index (χ2v) is 7.02. The summed E-state index contributed by atoms with van der Waals surface area (Å²) in [7, 11) is 0. The average Bonchev–Trinajstić information content (AvgIpc) is 2.63. The highest BCUT2D eigenvalue weighted by molar-refractivity contribution is 5.75. The van der Waals surface area contributed by atoms with Crippen LogP contribution in [0.3, 0.4) is 0 Å². The molecule has 128 valence electrons. The summed E-state index contributed by atoms with van der Waals surface area (Å²) in [4.78, 5) is 12.2. The molecule has 2 aromatic rings. The molecule has 0 radical (unpaired) electrons. The van der Waals surface area contributed by atoms with E-state index in [1.54, 1.807) is 0 Å². The van der Waals surface area contributed by atoms with Crippen molar-refractivity contribution in [3.63, 3.8) is 0 Å². The van der Waals surface area contributed by atoms with Gasteiger partial charge < -0.3 is 4.74 Å². The van der Waals surface area contributed by atoms with Crippen molar-refractivity contribution in [3.05, 3.63) is 65.2 Å². The molecule has 0 heterocycles. The Balaban J connectivity index is 1.59. The Bertz CT molecular complexity index is 768. The Morgan fingerprint density at radius 3 is 1.96 bits per heavy atom. The Hall–Kier alpha value is -2.53. The highest BCUT2D eigenvalue weighted by Crippen LogP contribution is 2.29. The fourth-order valence-electron chi connectivity index (χ4n) is 3.08. The van der Waals surface area contributed by atoms with Gasteiger partial charge in [0, 0.05) is 11.1 Å². The topological polar surface area (TPSA) is 26.3 Å². The summed E-state index contributed by atoms with van der Waals surface area (Å²) < 4.78 is 5.53. The van der Waals surface area contributed by atoms with Crippen molar-refractivity contribution in [1.29, 1.82) is 0 Å². The highest BCUT2D eigenvalue weighted by atomic mass is 16.5. The summed E-state index contributed by atoms with van der Waals surface area (Å²) in [5.41, 5.74) is 3.13. The fourth-order valence-corrected chi connectivity index (χ4v) is 3.08. The minimum absolute atomic E-state index is 0.0530. The van der Waals surface area contributed by atoms with Crippen LogP contribution in [0.1, 0.15) is 49.3 Å². The van der Waals surface area contributed by atoms with Gasteiger partial charge in [0.15, 0.2) is 0 Å². The third-order valence-electron chi connectivity index (χ3n) is 4.82. The molecule has 25 heavy (non-hydrogen) atoms. The van der Waals surface area contributed by atoms with Gasteiger partial charge in [-0.25, -0.2) is 0 Å². The van der Waals surface area contributed by atoms with Crippen LogP contribution in [0.2, 0.25) is 0 Å². The molecule has 0 unspecified atom stereocenters. The molecule has 2 heteroatoms. The Morgan fingerprint density at radius 1 is 0.880 bits per heavy atom. The van der Waals surface area contributed by atoms with Crippen LogP contribution in [0.5, 0.6) is 5.75 Å². The molecule has 0 amide bonds. The van der Waals surface area contributed by atoms with Gasteiger partial charge in [0.05, 0.1) is 5.92 Å². The molecule has 0 spiro atoms. The SMILES string of the molecule is Cc1ccc(C#Cc2ccc(OC(=O)C3CCC(C)CC3)cc2)cc1. The zero-order valence-electron chi connectivity index (χ0n) is 14.9. The van der Waals surface area contributed by atoms with Crippen LogP contribution in [0.15, 0.2) is 48.5 Å². The van der Waals surface area contributed by atoms with Crippen LogP contribution in [-0.2, 0) is 4.79 Å². The lowest BCUT2D eigenvalue weighted by Crippen LogP contribution is -2.24. The molecule has 1 aliphatic rings. The molecule has 1 fully saturated rings. The van der Waals surface area contributed by atoms with Crippen molar-refractivity contribution in [1.82, 2.24) is 0 Å². The molecular formula is C23H24O2. The van der Waals surface area contributed by atoms with Gasteiger partial charge in [0.2, 0.25) is 0 Å². The number of rotatable bonds is 2. The zero-order chi connectivity index (χ0) is 17.6. The van der Waals surface area contributed by atoms with E-state index in [1.165, 1.54) is 5.56 Å². The van der Waals surface area contributed by atoms with Crippen molar-refractivity contribution in [2.75, 3.05) is 0 Å². The van der Waals surface area contributed by atoms with E-state index in [0.29, 0.717) is 5.75 Å². The van der Waals surface area contributed by atoms with Crippen LogP contribution >= 0.6 is 0 Å². The predicted molar refractivity (Wildman–Crippen MR) is 100 cm³/mol. The summed E-state index contributed by atoms with van der Waals surface area (Å²) in [6.07, 6.45) is 4.13. The van der Waals surface area contributed by atoms with Crippen molar-refractivity contribution in [2.45, 2.75) is 39.5 Å². The fraction of sp³-hybridized carbons (Fsp3) is 0.348. The second-order valence-electron chi connectivity index (χ2n) is 7.02. The first-order chi connectivity index (χ1) is 12.1. The van der Waals surface area contributed by atoms with E-state index in [0.717, 1.165) is 42.7 Å². The van der Waals surface area contributed by atoms with Crippen LogP contribution in [0.4, 0.5) is 0 Å². The maximum absolute atomic E-state index is 12.2. The van der Waals surface area contributed by atoms with Crippen LogP contribution in [-0.4, -0.2) is 5.97 Å². The van der Waals surface area contributed by atoms with E-state index in [9.17, 15) is 4.79 Å². The summed E-state index contributed by atoms with van der Waals surface area (Å²) >= 11 is 0. The maximum atomic E-state index is 12.2. The van der Waals surface area contributed by atoms with Gasteiger partial charge in [-0.3, -0.25) is 4.79 Å². The monoisotopic (exact) mass is 332 g/mol. The molecule has 0 aliphatic heterocycles. The Labute approximate surface area is 150 Å². The first-order valence-electron chi connectivity index (χ1n) is 9.00. The van der Waals surface area contributed by atoms with Crippen LogP contribution < -0.4 is 4.74 Å². The number of esters is 1. The smallest absolute Gasteiger partial charge is 0.314 e. The van der Waals surface area contributed by atoms with E-state index in [-0.39, 0.29) is 11.9 Å². The van der Waals surface area contributed by atoms with Crippen molar-refractivity contribution in [2.24, 2.45) is 11.8 Å². The van der Waals surface area contributed by atoms with E-state index in [1.807, 2.05) is 36.4 Å². The van der Waals surface area contributed by atoms with Gasteiger partial charge >= 0.3 is 5.97 Å². The van der Waals surface area contributed by atoms with Crippen LogP contribution in [0, 0.1) is 30.6 Å². The lowest BCUT2D eigenvalue weighted by molar-refractivity contribution is -0.140. The summed E-state index contributed by atoms with van der Waals surface area (Å²) in [6, 6.07) is 15.6. The number of benzene rings is 2. The van der Waals surface area contributed by atoms with Crippen molar-refractivity contribution < 1.29 is 9.53 Å². The van der Waals surface area contributed by atoms with E-state index < -0.39 is 0 Å². The van der Waals surface area contributed by atoms with Gasteiger partial charge in [-0.2, -0.15) is 0 Å². The molecule has 0 bridgehead atoms. The molecular weight excluding hydrogens is 308 g/mol. The van der Waals surface area contributed by atoms with E-state index >= 15 is 0 Å². The summed E-state index contributed by atoms with van der Waals surface area (Å²) in [5.74, 6) is 7.58. The van der Waals surface area contributed by atoms with Gasteiger partial charge in [-0.05, 0) is 74.9 Å². The van der Waals surface area contributed by atoms with Gasteiger partial charge in [-0.1, -0.05) is 36.5 Å². The number of aryl methyl sites for hydroxylation is 1. The van der Waals surface area contributed by atoms with E-state index in [4.69, 9.17) is 4.74 Å². The number of hydrogen-bond acceptors (Lipinski definition) is 2. The number of ether oxygens (including phenoxy) is 1. The maximum Gasteiger partial charge on any atom is 0.314 e. The molecule has 0 saturated heterocycles. The number of carbonyl (C=O) groups is 1. The van der Waals surface area contributed by atoms with Gasteiger partial charge in [0.25, 0.3) is 0 Å². The zero-order valence-corrected chi connectivity index (χ0v) is 14.9. The molecule has 0 N–H and O–H groups in total. The predicted octanol–water partition coefficient (Wildman–Crippen LogP) is 5.13. The van der Waals surface area contributed by atoms with Gasteiger partial charge in [0.1, 0.15) is 5.75 Å². The summed E-state index contributed by atoms with van der Waals surface area (Å²) in [6.45, 7) is 4.31. The standard InChI is InChI=1S/C23H24O2/c1-17-3-7-19(8-4-17)9-10-20-11-15-22(16-12-20)25-23(24)21-13-5-18(2)6-14-21/h3-4,7-8,11-12,15-16,18,21H,5-6,13-14H2,1-2H3. The average molecular weight is 332 g/mol. The first-order valence-corrected chi connectivity index (χ1v) is 9.00. The molecule has 2 nitrogen and oxygen atoms in total. The first kappa shape index (κ1) is 17.3. The summed E-state index contributed by atoms with van der Waals surface area (Å²) in [5, 5.41) is 0. The van der Waals surface area contributed by atoms with Gasteiger partial charge in [-0.15, -0.1) is 0 Å². The quantitative estimate of drug-likeness (QED) is 0.433. The molecule has 0 aromatic heterocycles. The number of hydrogen-bond donors (Lipinski definition) is 0. The third kappa shape index (κ3) is 4.97. The largest absolute Gasteiger partial charge is 0.426 e. The lowest BCUT2D eigenvalue weighted by Gasteiger charge is -2.24. The van der Waals surface area contributed by atoms with Crippen molar-refractivity contribution in [3.8, 4) is 17.6 Å². The molecule has 1 aliphatic carbocycles. The molecule has 0 atom stereocenters. The number of carbonyl (C=O) groups excluding carboxylic acids is 1. The Morgan fingerprint density at radius 2 is 1.40 bits per heavy atom. The normalized spacial score (nSPS) is 19.6. The third-order valence-corrected chi connectivity index (χ3v) is 4.82. The molecule has 3 rings (SSSR count). The minimum atomic E-state index is -0.0922. The lowest BCUT2D eigenvalue weighted by atomic mass is 9.83.